The summed E-state index contributed by atoms with van der Waals surface area (Å²) in [5.41, 5.74) is 3.37. The number of hydrogen-bond acceptors (Lipinski definition) is 2. The second-order valence-electron chi connectivity index (χ2n) is 6.20. The van der Waals surface area contributed by atoms with Gasteiger partial charge in [0.05, 0.1) is 5.52 Å². The van der Waals surface area contributed by atoms with Gasteiger partial charge in [0.15, 0.2) is 0 Å². The Hall–Kier alpha value is -2.21. The van der Waals surface area contributed by atoms with Crippen molar-refractivity contribution in [3.63, 3.8) is 0 Å². The highest BCUT2D eigenvalue weighted by Crippen LogP contribution is 2.36. The van der Waals surface area contributed by atoms with Crippen molar-refractivity contribution in [1.29, 1.82) is 0 Å². The van der Waals surface area contributed by atoms with Crippen molar-refractivity contribution >= 4 is 43.9 Å². The van der Waals surface area contributed by atoms with E-state index in [1.54, 1.807) is 18.3 Å². The zero-order valence-corrected chi connectivity index (χ0v) is 15.8. The summed E-state index contributed by atoms with van der Waals surface area (Å²) in [5.74, 6) is -2.32. The van der Waals surface area contributed by atoms with Crippen LogP contribution in [0.3, 0.4) is 0 Å². The van der Waals surface area contributed by atoms with Crippen LogP contribution in [0.2, 0.25) is 0 Å². The smallest absolute Gasteiger partial charge is 0.271 e. The Morgan fingerprint density at radius 3 is 2.68 bits per heavy atom. The SMILES string of the molecule is C=C(C)c1cnc(Nc2ccc(Br)c(C(C)(F)F)c2)c2ccn(C)c12. The first-order valence-corrected chi connectivity index (χ1v) is 8.52. The molecule has 1 aromatic carbocycles. The summed E-state index contributed by atoms with van der Waals surface area (Å²) < 4.78 is 29.9. The Balaban J connectivity index is 2.08. The number of alkyl halides is 2. The van der Waals surface area contributed by atoms with E-state index >= 15 is 0 Å². The number of rotatable bonds is 4. The van der Waals surface area contributed by atoms with Gasteiger partial charge in [-0.05, 0) is 36.8 Å². The van der Waals surface area contributed by atoms with Crippen LogP contribution in [-0.4, -0.2) is 9.55 Å². The third-order valence-corrected chi connectivity index (χ3v) is 4.76. The van der Waals surface area contributed by atoms with Crippen molar-refractivity contribution in [2.45, 2.75) is 19.8 Å². The molecule has 0 unspecified atom stereocenters. The molecule has 130 valence electrons. The number of nitrogens with one attached hydrogen (secondary N) is 1. The van der Waals surface area contributed by atoms with Crippen molar-refractivity contribution in [3.05, 3.63) is 58.8 Å². The van der Waals surface area contributed by atoms with Crippen LogP contribution in [0.5, 0.6) is 0 Å². The van der Waals surface area contributed by atoms with Crippen LogP contribution in [0.4, 0.5) is 20.3 Å². The first-order valence-electron chi connectivity index (χ1n) is 7.73. The minimum Gasteiger partial charge on any atom is -0.350 e. The van der Waals surface area contributed by atoms with E-state index in [-0.39, 0.29) is 5.56 Å². The lowest BCUT2D eigenvalue weighted by Crippen LogP contribution is -2.08. The molecule has 0 aliphatic carbocycles. The minimum absolute atomic E-state index is 0.0691. The number of aryl methyl sites for hydroxylation is 1. The standard InChI is InChI=1S/C19H18BrF2N3/c1-11(2)14-10-23-18(13-7-8-25(4)17(13)14)24-12-5-6-16(20)15(9-12)19(3,21)22/h5-10H,1H2,2-4H3,(H,23,24). The molecule has 3 nitrogen and oxygen atoms in total. The van der Waals surface area contributed by atoms with Gasteiger partial charge in [0, 0.05) is 53.0 Å². The fourth-order valence-electron chi connectivity index (χ4n) is 2.80. The summed E-state index contributed by atoms with van der Waals surface area (Å²) in [6, 6.07) is 6.74. The largest absolute Gasteiger partial charge is 0.350 e. The van der Waals surface area contributed by atoms with E-state index in [1.807, 2.05) is 30.8 Å². The van der Waals surface area contributed by atoms with Crippen LogP contribution in [-0.2, 0) is 13.0 Å². The third-order valence-electron chi connectivity index (χ3n) is 4.07. The molecule has 0 spiro atoms. The van der Waals surface area contributed by atoms with Crippen molar-refractivity contribution in [3.8, 4) is 0 Å². The molecular weight excluding hydrogens is 388 g/mol. The van der Waals surface area contributed by atoms with Crippen molar-refractivity contribution in [1.82, 2.24) is 9.55 Å². The Morgan fingerprint density at radius 1 is 1.32 bits per heavy atom. The average Bonchev–Trinajstić information content (AvgIpc) is 2.91. The molecule has 0 amide bonds. The highest BCUT2D eigenvalue weighted by molar-refractivity contribution is 9.10. The number of hydrogen-bond donors (Lipinski definition) is 1. The fraction of sp³-hybridized carbons (Fsp3) is 0.211. The van der Waals surface area contributed by atoms with Gasteiger partial charge in [0.2, 0.25) is 0 Å². The number of fused-ring (bicyclic) bond motifs is 1. The predicted octanol–water partition coefficient (Wildman–Crippen LogP) is 6.22. The summed E-state index contributed by atoms with van der Waals surface area (Å²) in [6.07, 6.45) is 3.69. The van der Waals surface area contributed by atoms with Gasteiger partial charge in [-0.25, -0.2) is 13.8 Å². The molecule has 3 rings (SSSR count). The average molecular weight is 406 g/mol. The van der Waals surface area contributed by atoms with Crippen LogP contribution in [0.15, 0.2) is 47.7 Å². The monoisotopic (exact) mass is 405 g/mol. The zero-order valence-electron chi connectivity index (χ0n) is 14.2. The van der Waals surface area contributed by atoms with E-state index in [2.05, 4.69) is 32.8 Å². The molecule has 25 heavy (non-hydrogen) atoms. The number of nitrogens with zero attached hydrogens (tertiary/aromatic N) is 2. The summed E-state index contributed by atoms with van der Waals surface area (Å²) in [5, 5.41) is 4.07. The van der Waals surface area contributed by atoms with E-state index in [4.69, 9.17) is 0 Å². The first-order chi connectivity index (χ1) is 11.7. The fourth-order valence-corrected chi connectivity index (χ4v) is 3.40. The molecular formula is C19H18BrF2N3. The Kier molecular flexibility index (Phi) is 4.41. The van der Waals surface area contributed by atoms with Crippen LogP contribution in [0.25, 0.3) is 16.5 Å². The van der Waals surface area contributed by atoms with Crippen LogP contribution < -0.4 is 5.32 Å². The number of pyridine rings is 1. The molecule has 6 heteroatoms. The lowest BCUT2D eigenvalue weighted by atomic mass is 10.1. The summed E-state index contributed by atoms with van der Waals surface area (Å²) in [6.45, 7) is 6.81. The second-order valence-corrected chi connectivity index (χ2v) is 7.05. The number of halogens is 3. The Labute approximate surface area is 153 Å². The van der Waals surface area contributed by atoms with Gasteiger partial charge in [-0.2, -0.15) is 0 Å². The Bertz CT molecular complexity index is 971. The lowest BCUT2D eigenvalue weighted by Gasteiger charge is -2.16. The van der Waals surface area contributed by atoms with E-state index < -0.39 is 5.92 Å². The van der Waals surface area contributed by atoms with Crippen molar-refractivity contribution < 1.29 is 8.78 Å². The first kappa shape index (κ1) is 17.6. The molecule has 0 aliphatic rings. The minimum atomic E-state index is -2.93. The summed E-state index contributed by atoms with van der Waals surface area (Å²) in [7, 11) is 1.95. The quantitative estimate of drug-likeness (QED) is 0.557. The molecule has 2 heterocycles. The van der Waals surface area contributed by atoms with Crippen molar-refractivity contribution in [2.75, 3.05) is 5.32 Å². The van der Waals surface area contributed by atoms with E-state index in [0.717, 1.165) is 29.0 Å². The number of allylic oxidation sites excluding steroid dienone is 1. The van der Waals surface area contributed by atoms with Crippen LogP contribution >= 0.6 is 15.9 Å². The number of benzene rings is 1. The van der Waals surface area contributed by atoms with Gasteiger partial charge in [-0.15, -0.1) is 0 Å². The number of anilines is 2. The van der Waals surface area contributed by atoms with Crippen LogP contribution in [0, 0.1) is 0 Å². The molecule has 0 atom stereocenters. The Morgan fingerprint density at radius 2 is 2.04 bits per heavy atom. The van der Waals surface area contributed by atoms with E-state index in [9.17, 15) is 8.78 Å². The maximum atomic E-state index is 13.7. The van der Waals surface area contributed by atoms with Gasteiger partial charge in [-0.3, -0.25) is 0 Å². The van der Waals surface area contributed by atoms with Gasteiger partial charge in [0.1, 0.15) is 5.82 Å². The summed E-state index contributed by atoms with van der Waals surface area (Å²) >= 11 is 3.18. The molecule has 0 aliphatic heterocycles. The molecule has 0 radical (unpaired) electrons. The van der Waals surface area contributed by atoms with Crippen LogP contribution in [0.1, 0.15) is 25.0 Å². The highest BCUT2D eigenvalue weighted by Gasteiger charge is 2.27. The van der Waals surface area contributed by atoms with Crippen molar-refractivity contribution in [2.24, 2.45) is 7.05 Å². The summed E-state index contributed by atoms with van der Waals surface area (Å²) in [4.78, 5) is 4.47. The van der Waals surface area contributed by atoms with E-state index in [0.29, 0.717) is 16.0 Å². The molecule has 1 N–H and O–H groups in total. The maximum absolute atomic E-state index is 13.7. The van der Waals surface area contributed by atoms with Gasteiger partial charge in [-0.1, -0.05) is 22.5 Å². The number of aromatic nitrogens is 2. The molecule has 2 aromatic heterocycles. The second kappa shape index (κ2) is 6.26. The maximum Gasteiger partial charge on any atom is 0.271 e. The lowest BCUT2D eigenvalue weighted by molar-refractivity contribution is 0.0167. The topological polar surface area (TPSA) is 29.9 Å². The molecule has 0 fully saturated rings. The predicted molar refractivity (Wildman–Crippen MR) is 102 cm³/mol. The van der Waals surface area contributed by atoms with Gasteiger partial charge < -0.3 is 9.88 Å². The zero-order chi connectivity index (χ0) is 18.4. The molecule has 0 saturated carbocycles. The molecule has 0 bridgehead atoms. The van der Waals surface area contributed by atoms with E-state index in [1.165, 1.54) is 6.07 Å². The highest BCUT2D eigenvalue weighted by atomic mass is 79.9. The van der Waals surface area contributed by atoms with Gasteiger partial charge in [0.25, 0.3) is 5.92 Å². The normalized spacial score (nSPS) is 11.8. The third kappa shape index (κ3) is 3.31. The molecule has 0 saturated heterocycles. The molecule has 3 aromatic rings. The van der Waals surface area contributed by atoms with Gasteiger partial charge >= 0.3 is 0 Å².